The lowest BCUT2D eigenvalue weighted by Crippen LogP contribution is -2.37. The molecule has 1 spiro atoms. The number of benzene rings is 1. The average Bonchev–Trinajstić information content (AvgIpc) is 3.30. The number of fused-ring (bicyclic) bond motifs is 6. The Balaban J connectivity index is 1.53. The fraction of sp³-hybridized carbons (Fsp3) is 0.320. The highest BCUT2D eigenvalue weighted by Crippen LogP contribution is 2.48. The van der Waals surface area contributed by atoms with Gasteiger partial charge in [0, 0.05) is 36.4 Å². The molecule has 3 aromatic heterocycles. The number of carbonyl (C=O) groups excluding carboxylic acids is 1. The predicted octanol–water partition coefficient (Wildman–Crippen LogP) is 3.78. The van der Waals surface area contributed by atoms with Crippen molar-refractivity contribution in [3.8, 4) is 11.3 Å². The van der Waals surface area contributed by atoms with E-state index in [1.165, 1.54) is 0 Å². The fourth-order valence-electron chi connectivity index (χ4n) is 5.22. The highest BCUT2D eigenvalue weighted by atomic mass is 16.3. The lowest BCUT2D eigenvalue weighted by molar-refractivity contribution is 0.0687. The van der Waals surface area contributed by atoms with Gasteiger partial charge in [0.2, 0.25) is 0 Å². The van der Waals surface area contributed by atoms with E-state index in [0.29, 0.717) is 12.2 Å². The molecule has 1 aliphatic carbocycles. The van der Waals surface area contributed by atoms with Crippen molar-refractivity contribution in [2.75, 3.05) is 0 Å². The van der Waals surface area contributed by atoms with Crippen LogP contribution < -0.4 is 0 Å². The minimum absolute atomic E-state index is 0.182. The number of aryl methyl sites for hydroxylation is 1. The predicted molar refractivity (Wildman–Crippen MR) is 119 cm³/mol. The van der Waals surface area contributed by atoms with Gasteiger partial charge in [0.15, 0.2) is 17.3 Å². The molecule has 6 rings (SSSR count). The summed E-state index contributed by atoms with van der Waals surface area (Å²) in [4.78, 5) is 31.4. The third-order valence-electron chi connectivity index (χ3n) is 6.67. The van der Waals surface area contributed by atoms with Crippen molar-refractivity contribution in [1.29, 1.82) is 0 Å². The Bertz CT molecular complexity index is 1380. The van der Waals surface area contributed by atoms with E-state index in [4.69, 9.17) is 9.97 Å². The Hall–Kier alpha value is -3.45. The Morgan fingerprint density at radius 2 is 1.84 bits per heavy atom. The standard InChI is InChI=1S/C25H23N5O2/c1-24(2,32)23-26-13-15(14-27-23)18-9-10-19-22(29-18)30-21(28-19)8-5-11-25(30)12-20(31)16-6-3-4-7-17(16)25/h3-4,6-7,9-10,13-14,32H,5,8,11-12H2,1-2H3. The molecule has 0 saturated heterocycles. The molecule has 160 valence electrons. The Kier molecular flexibility index (Phi) is 3.93. The zero-order valence-electron chi connectivity index (χ0n) is 18.0. The largest absolute Gasteiger partial charge is 0.382 e. The third-order valence-corrected chi connectivity index (χ3v) is 6.67. The van der Waals surface area contributed by atoms with Crippen LogP contribution in [0.15, 0.2) is 48.8 Å². The molecule has 1 N–H and O–H groups in total. The number of nitrogens with zero attached hydrogens (tertiary/aromatic N) is 5. The van der Waals surface area contributed by atoms with E-state index in [-0.39, 0.29) is 5.78 Å². The molecule has 4 aromatic rings. The number of pyridine rings is 1. The van der Waals surface area contributed by atoms with Crippen LogP contribution in [0.4, 0.5) is 0 Å². The number of ketones is 1. The number of Topliss-reactive ketones (excluding diaryl/α,β-unsaturated/α-hetero) is 1. The highest BCUT2D eigenvalue weighted by Gasteiger charge is 2.48. The summed E-state index contributed by atoms with van der Waals surface area (Å²) in [5.74, 6) is 1.53. The molecule has 7 heteroatoms. The number of hydrogen-bond donors (Lipinski definition) is 1. The van der Waals surface area contributed by atoms with Crippen LogP contribution in [0.25, 0.3) is 22.4 Å². The van der Waals surface area contributed by atoms with Crippen LogP contribution in [0, 0.1) is 0 Å². The maximum atomic E-state index is 12.9. The molecule has 0 saturated carbocycles. The van der Waals surface area contributed by atoms with Gasteiger partial charge in [-0.15, -0.1) is 0 Å². The molecule has 1 atom stereocenters. The lowest BCUT2D eigenvalue weighted by atomic mass is 9.83. The Labute approximate surface area is 185 Å². The first-order chi connectivity index (χ1) is 15.4. The molecule has 0 amide bonds. The molecule has 4 heterocycles. The topological polar surface area (TPSA) is 93.8 Å². The maximum Gasteiger partial charge on any atom is 0.165 e. The second-order valence-corrected chi connectivity index (χ2v) is 9.29. The van der Waals surface area contributed by atoms with Gasteiger partial charge in [-0.25, -0.2) is 19.9 Å². The van der Waals surface area contributed by atoms with E-state index in [1.807, 2.05) is 30.3 Å². The number of carbonyl (C=O) groups is 1. The first-order valence-electron chi connectivity index (χ1n) is 10.9. The summed E-state index contributed by atoms with van der Waals surface area (Å²) in [6, 6.07) is 11.8. The molecule has 1 unspecified atom stereocenters. The summed E-state index contributed by atoms with van der Waals surface area (Å²) < 4.78 is 2.21. The highest BCUT2D eigenvalue weighted by molar-refractivity contribution is 6.02. The molecule has 7 nitrogen and oxygen atoms in total. The molecule has 0 fully saturated rings. The van der Waals surface area contributed by atoms with Crippen molar-refractivity contribution in [1.82, 2.24) is 24.5 Å². The molecule has 2 aliphatic rings. The molecule has 0 radical (unpaired) electrons. The monoisotopic (exact) mass is 425 g/mol. The SMILES string of the molecule is CC(C)(O)c1ncc(-c2ccc3nc4n(c3n2)C2(CCC4)CC(=O)c3ccccc32)cn1. The van der Waals surface area contributed by atoms with Gasteiger partial charge in [-0.05, 0) is 44.4 Å². The minimum atomic E-state index is -1.10. The van der Waals surface area contributed by atoms with E-state index in [0.717, 1.165) is 58.6 Å². The molecular formula is C25H23N5O2. The van der Waals surface area contributed by atoms with Gasteiger partial charge in [0.1, 0.15) is 16.9 Å². The van der Waals surface area contributed by atoms with E-state index < -0.39 is 11.1 Å². The van der Waals surface area contributed by atoms with Crippen molar-refractivity contribution in [3.63, 3.8) is 0 Å². The van der Waals surface area contributed by atoms with Gasteiger partial charge in [-0.1, -0.05) is 24.3 Å². The third kappa shape index (κ3) is 2.67. The van der Waals surface area contributed by atoms with Crippen LogP contribution in [0.5, 0.6) is 0 Å². The normalized spacial score (nSPS) is 20.0. The Morgan fingerprint density at radius 1 is 1.06 bits per heavy atom. The number of imidazole rings is 1. The van der Waals surface area contributed by atoms with Crippen LogP contribution in [0.2, 0.25) is 0 Å². The lowest BCUT2D eigenvalue weighted by Gasteiger charge is -2.36. The molecule has 0 bridgehead atoms. The zero-order chi connectivity index (χ0) is 22.1. The van der Waals surface area contributed by atoms with Gasteiger partial charge in [-0.3, -0.25) is 4.79 Å². The number of hydrogen-bond acceptors (Lipinski definition) is 6. The van der Waals surface area contributed by atoms with E-state index in [2.05, 4.69) is 20.6 Å². The zero-order valence-corrected chi connectivity index (χ0v) is 18.0. The van der Waals surface area contributed by atoms with Gasteiger partial charge in [-0.2, -0.15) is 0 Å². The first-order valence-corrected chi connectivity index (χ1v) is 10.9. The van der Waals surface area contributed by atoms with Gasteiger partial charge in [0.05, 0.1) is 11.2 Å². The number of rotatable bonds is 2. The minimum Gasteiger partial charge on any atom is -0.382 e. The van der Waals surface area contributed by atoms with Crippen molar-refractivity contribution in [2.45, 2.75) is 50.7 Å². The first kappa shape index (κ1) is 19.3. The summed E-state index contributed by atoms with van der Waals surface area (Å²) in [5.41, 5.74) is 3.48. The maximum absolute atomic E-state index is 12.9. The van der Waals surface area contributed by atoms with Crippen LogP contribution in [-0.2, 0) is 17.6 Å². The molecule has 1 aliphatic heterocycles. The van der Waals surface area contributed by atoms with Gasteiger partial charge >= 0.3 is 0 Å². The van der Waals surface area contributed by atoms with Gasteiger partial charge in [0.25, 0.3) is 0 Å². The van der Waals surface area contributed by atoms with Crippen molar-refractivity contribution < 1.29 is 9.90 Å². The van der Waals surface area contributed by atoms with Crippen LogP contribution in [0.1, 0.15) is 60.7 Å². The van der Waals surface area contributed by atoms with Gasteiger partial charge < -0.3 is 9.67 Å². The average molecular weight is 425 g/mol. The van der Waals surface area contributed by atoms with Crippen molar-refractivity contribution in [3.05, 3.63) is 71.6 Å². The molecule has 32 heavy (non-hydrogen) atoms. The van der Waals surface area contributed by atoms with Crippen molar-refractivity contribution >= 4 is 16.9 Å². The van der Waals surface area contributed by atoms with E-state index >= 15 is 0 Å². The Morgan fingerprint density at radius 3 is 2.62 bits per heavy atom. The van der Waals surface area contributed by atoms with Crippen molar-refractivity contribution in [2.24, 2.45) is 0 Å². The fourth-order valence-corrected chi connectivity index (χ4v) is 5.22. The number of aliphatic hydroxyl groups is 1. The summed E-state index contributed by atoms with van der Waals surface area (Å²) in [6.45, 7) is 3.32. The van der Waals surface area contributed by atoms with Crippen LogP contribution >= 0.6 is 0 Å². The summed E-state index contributed by atoms with van der Waals surface area (Å²) in [5, 5.41) is 10.1. The summed E-state index contributed by atoms with van der Waals surface area (Å²) >= 11 is 0. The van der Waals surface area contributed by atoms with Crippen LogP contribution in [0.3, 0.4) is 0 Å². The molecular weight excluding hydrogens is 402 g/mol. The summed E-state index contributed by atoms with van der Waals surface area (Å²) in [7, 11) is 0. The van der Waals surface area contributed by atoms with Crippen LogP contribution in [-0.4, -0.2) is 35.4 Å². The summed E-state index contributed by atoms with van der Waals surface area (Å²) in [6.07, 6.45) is 6.57. The second-order valence-electron chi connectivity index (χ2n) is 9.29. The smallest absolute Gasteiger partial charge is 0.165 e. The van der Waals surface area contributed by atoms with E-state index in [1.54, 1.807) is 26.2 Å². The quantitative estimate of drug-likeness (QED) is 0.525. The van der Waals surface area contributed by atoms with E-state index in [9.17, 15) is 9.90 Å². The number of aromatic nitrogens is 5. The second kappa shape index (κ2) is 6.53. The molecule has 1 aromatic carbocycles.